The molecule has 1 saturated heterocycles. The van der Waals surface area contributed by atoms with E-state index in [4.69, 9.17) is 0 Å². The van der Waals surface area contributed by atoms with Crippen molar-refractivity contribution in [3.63, 3.8) is 0 Å². The molecule has 1 aliphatic rings. The maximum Gasteiger partial charge on any atom is 0.241 e. The molecule has 3 rings (SSSR count). The SMILES string of the molecule is Cc1c(C)c(C)c(S(=O)(=O)NCC2CCN(Cc3ccccc3)CC2)c(C)c1C. The van der Waals surface area contributed by atoms with Crippen LogP contribution in [0.25, 0.3) is 0 Å². The van der Waals surface area contributed by atoms with Crippen molar-refractivity contribution in [1.29, 1.82) is 0 Å². The lowest BCUT2D eigenvalue weighted by Crippen LogP contribution is -2.38. The van der Waals surface area contributed by atoms with Crippen LogP contribution in [0.4, 0.5) is 0 Å². The molecular formula is C24H34N2O2S. The van der Waals surface area contributed by atoms with Crippen LogP contribution < -0.4 is 4.72 Å². The van der Waals surface area contributed by atoms with Crippen LogP contribution in [0.1, 0.15) is 46.2 Å². The topological polar surface area (TPSA) is 49.4 Å². The average molecular weight is 415 g/mol. The van der Waals surface area contributed by atoms with Crippen LogP contribution in [0, 0.1) is 40.5 Å². The molecule has 158 valence electrons. The summed E-state index contributed by atoms with van der Waals surface area (Å²) in [5, 5.41) is 0. The third kappa shape index (κ3) is 4.90. The minimum Gasteiger partial charge on any atom is -0.299 e. The summed E-state index contributed by atoms with van der Waals surface area (Å²) in [6, 6.07) is 10.5. The maximum absolute atomic E-state index is 13.1. The number of rotatable bonds is 6. The standard InChI is InChI=1S/C24H34N2O2S/c1-17-18(2)20(4)24(21(5)19(17)3)29(27,28)25-15-22-11-13-26(14-12-22)16-23-9-7-6-8-10-23/h6-10,22,25H,11-16H2,1-5H3. The highest BCUT2D eigenvalue weighted by Gasteiger charge is 2.26. The van der Waals surface area contributed by atoms with E-state index in [9.17, 15) is 8.42 Å². The van der Waals surface area contributed by atoms with Gasteiger partial charge in [-0.3, -0.25) is 4.90 Å². The van der Waals surface area contributed by atoms with Crippen molar-refractivity contribution in [3.8, 4) is 0 Å². The van der Waals surface area contributed by atoms with Gasteiger partial charge in [0.1, 0.15) is 0 Å². The van der Waals surface area contributed by atoms with E-state index in [2.05, 4.69) is 40.8 Å². The summed E-state index contributed by atoms with van der Waals surface area (Å²) in [6.45, 7) is 13.5. The fourth-order valence-electron chi connectivity index (χ4n) is 4.36. The largest absolute Gasteiger partial charge is 0.299 e. The monoisotopic (exact) mass is 414 g/mol. The van der Waals surface area contributed by atoms with Crippen molar-refractivity contribution < 1.29 is 8.42 Å². The van der Waals surface area contributed by atoms with E-state index in [0.717, 1.165) is 54.7 Å². The Morgan fingerprint density at radius 1 is 0.862 bits per heavy atom. The number of hydrogen-bond acceptors (Lipinski definition) is 3. The fraction of sp³-hybridized carbons (Fsp3) is 0.500. The quantitative estimate of drug-likeness (QED) is 0.761. The van der Waals surface area contributed by atoms with Crippen LogP contribution in [-0.4, -0.2) is 33.0 Å². The molecular weight excluding hydrogens is 380 g/mol. The van der Waals surface area contributed by atoms with Gasteiger partial charge in [0.25, 0.3) is 0 Å². The van der Waals surface area contributed by atoms with E-state index in [0.29, 0.717) is 17.4 Å². The Morgan fingerprint density at radius 2 is 1.38 bits per heavy atom. The van der Waals surface area contributed by atoms with E-state index in [1.54, 1.807) is 0 Å². The minimum atomic E-state index is -3.51. The number of nitrogens with zero attached hydrogens (tertiary/aromatic N) is 1. The molecule has 4 nitrogen and oxygen atoms in total. The number of nitrogens with one attached hydrogen (secondary N) is 1. The Labute approximate surface area is 176 Å². The van der Waals surface area contributed by atoms with Gasteiger partial charge in [-0.25, -0.2) is 13.1 Å². The molecule has 2 aromatic rings. The zero-order valence-electron chi connectivity index (χ0n) is 18.4. The highest BCUT2D eigenvalue weighted by atomic mass is 32.2. The van der Waals surface area contributed by atoms with Crippen LogP contribution in [0.2, 0.25) is 0 Å². The summed E-state index contributed by atoms with van der Waals surface area (Å²) >= 11 is 0. The number of sulfonamides is 1. The average Bonchev–Trinajstić information content (AvgIpc) is 2.71. The first-order valence-electron chi connectivity index (χ1n) is 10.5. The Hall–Kier alpha value is -1.69. The van der Waals surface area contributed by atoms with Crippen molar-refractivity contribution in [2.24, 2.45) is 5.92 Å². The third-order valence-electron chi connectivity index (χ3n) is 6.72. The van der Waals surface area contributed by atoms with Crippen LogP contribution in [0.3, 0.4) is 0 Å². The number of piperidine rings is 1. The van der Waals surface area contributed by atoms with Crippen molar-refractivity contribution in [1.82, 2.24) is 9.62 Å². The zero-order valence-corrected chi connectivity index (χ0v) is 19.2. The number of benzene rings is 2. The first-order chi connectivity index (χ1) is 13.7. The molecule has 0 atom stereocenters. The molecule has 0 unspecified atom stereocenters. The molecule has 5 heteroatoms. The molecule has 2 aromatic carbocycles. The molecule has 0 bridgehead atoms. The summed E-state index contributed by atoms with van der Waals surface area (Å²) < 4.78 is 29.2. The molecule has 0 amide bonds. The second-order valence-corrected chi connectivity index (χ2v) is 10.2. The normalized spacial score (nSPS) is 16.3. The first kappa shape index (κ1) is 22.0. The smallest absolute Gasteiger partial charge is 0.241 e. The first-order valence-corrected chi connectivity index (χ1v) is 12.0. The summed E-state index contributed by atoms with van der Waals surface area (Å²) in [5.41, 5.74) is 6.41. The van der Waals surface area contributed by atoms with E-state index >= 15 is 0 Å². The van der Waals surface area contributed by atoms with E-state index in [1.165, 1.54) is 11.1 Å². The zero-order chi connectivity index (χ0) is 21.2. The van der Waals surface area contributed by atoms with Gasteiger partial charge in [0, 0.05) is 13.1 Å². The number of likely N-dealkylation sites (tertiary alicyclic amines) is 1. The van der Waals surface area contributed by atoms with Gasteiger partial charge in [-0.2, -0.15) is 0 Å². The van der Waals surface area contributed by atoms with Gasteiger partial charge in [0.05, 0.1) is 4.90 Å². The summed E-state index contributed by atoms with van der Waals surface area (Å²) in [5.74, 6) is 0.394. The molecule has 1 N–H and O–H groups in total. The Kier molecular flexibility index (Phi) is 6.82. The number of hydrogen-bond donors (Lipinski definition) is 1. The lowest BCUT2D eigenvalue weighted by atomic mass is 9.95. The molecule has 0 radical (unpaired) electrons. The Bertz CT molecular complexity index is 931. The molecule has 1 aliphatic heterocycles. The second kappa shape index (κ2) is 8.99. The molecule has 0 spiro atoms. The summed E-state index contributed by atoms with van der Waals surface area (Å²) in [6.07, 6.45) is 2.05. The van der Waals surface area contributed by atoms with Crippen LogP contribution >= 0.6 is 0 Å². The third-order valence-corrected chi connectivity index (χ3v) is 8.41. The lowest BCUT2D eigenvalue weighted by Gasteiger charge is -2.32. The van der Waals surface area contributed by atoms with Gasteiger partial charge in [0.15, 0.2) is 0 Å². The Morgan fingerprint density at radius 3 is 1.93 bits per heavy atom. The van der Waals surface area contributed by atoms with Gasteiger partial charge in [-0.1, -0.05) is 30.3 Å². The van der Waals surface area contributed by atoms with E-state index in [1.807, 2.05) is 33.8 Å². The maximum atomic E-state index is 13.1. The van der Waals surface area contributed by atoms with Crippen molar-refractivity contribution in [2.75, 3.05) is 19.6 Å². The molecule has 0 aliphatic carbocycles. The summed E-state index contributed by atoms with van der Waals surface area (Å²) in [7, 11) is -3.51. The van der Waals surface area contributed by atoms with Crippen LogP contribution in [0.5, 0.6) is 0 Å². The fourth-order valence-corrected chi connectivity index (χ4v) is 6.07. The molecule has 0 saturated carbocycles. The van der Waals surface area contributed by atoms with E-state index in [-0.39, 0.29) is 0 Å². The predicted molar refractivity (Wildman–Crippen MR) is 120 cm³/mol. The molecule has 1 fully saturated rings. The van der Waals surface area contributed by atoms with Crippen LogP contribution in [0.15, 0.2) is 35.2 Å². The molecule has 0 aromatic heterocycles. The Balaban J connectivity index is 1.61. The highest BCUT2D eigenvalue weighted by molar-refractivity contribution is 7.89. The van der Waals surface area contributed by atoms with Crippen molar-refractivity contribution in [2.45, 2.75) is 58.9 Å². The highest BCUT2D eigenvalue weighted by Crippen LogP contribution is 2.29. The van der Waals surface area contributed by atoms with Crippen molar-refractivity contribution in [3.05, 3.63) is 63.7 Å². The molecule has 29 heavy (non-hydrogen) atoms. The van der Waals surface area contributed by atoms with Gasteiger partial charge < -0.3 is 0 Å². The van der Waals surface area contributed by atoms with Gasteiger partial charge in [0.2, 0.25) is 10.0 Å². The predicted octanol–water partition coefficient (Wildman–Crippen LogP) is 4.42. The van der Waals surface area contributed by atoms with Gasteiger partial charge in [-0.05, 0) is 99.8 Å². The lowest BCUT2D eigenvalue weighted by molar-refractivity contribution is 0.178. The minimum absolute atomic E-state index is 0.394. The van der Waals surface area contributed by atoms with Gasteiger partial charge >= 0.3 is 0 Å². The summed E-state index contributed by atoms with van der Waals surface area (Å²) in [4.78, 5) is 2.93. The van der Waals surface area contributed by atoms with Crippen LogP contribution in [-0.2, 0) is 16.6 Å². The second-order valence-electron chi connectivity index (χ2n) is 8.51. The molecule has 1 heterocycles. The van der Waals surface area contributed by atoms with E-state index < -0.39 is 10.0 Å². The van der Waals surface area contributed by atoms with Gasteiger partial charge in [-0.15, -0.1) is 0 Å². The van der Waals surface area contributed by atoms with Crippen molar-refractivity contribution >= 4 is 10.0 Å².